The highest BCUT2D eigenvalue weighted by Gasteiger charge is 2.57. The molecule has 4 aliphatic rings. The van der Waals surface area contributed by atoms with Gasteiger partial charge in [-0.15, -0.1) is 0 Å². The molecule has 5 nitrogen and oxygen atoms in total. The second kappa shape index (κ2) is 7.63. The fraction of sp³-hybridized carbons (Fsp3) is 0.636. The van der Waals surface area contributed by atoms with Crippen LogP contribution >= 0.6 is 0 Å². The van der Waals surface area contributed by atoms with Gasteiger partial charge in [0.15, 0.2) is 0 Å². The van der Waals surface area contributed by atoms with Crippen LogP contribution < -0.4 is 10.6 Å². The zero-order valence-corrected chi connectivity index (χ0v) is 16.1. The number of benzene rings is 1. The second-order valence-corrected chi connectivity index (χ2v) is 8.64. The molecule has 0 atom stereocenters. The number of rotatable bonds is 6. The van der Waals surface area contributed by atoms with Crippen LogP contribution in [0.15, 0.2) is 30.3 Å². The molecule has 2 amide bonds. The average molecular weight is 370 g/mol. The van der Waals surface area contributed by atoms with Gasteiger partial charge in [0.2, 0.25) is 0 Å². The molecule has 146 valence electrons. The van der Waals surface area contributed by atoms with Gasteiger partial charge in [-0.25, -0.2) is 0 Å². The zero-order chi connectivity index (χ0) is 18.9. The summed E-state index contributed by atoms with van der Waals surface area (Å²) in [7, 11) is 1.77. The summed E-state index contributed by atoms with van der Waals surface area (Å²) in [6.07, 6.45) is 6.93. The first kappa shape index (κ1) is 18.5. The van der Waals surface area contributed by atoms with Crippen molar-refractivity contribution in [2.45, 2.75) is 44.1 Å². The van der Waals surface area contributed by atoms with Crippen molar-refractivity contribution in [2.24, 2.45) is 23.7 Å². The standard InChI is InChI=1S/C22H30N2O3/c1-27-22(18-10-16-9-17(12-18)13-19(22)11-16)14-24-21(26)20(25)23-8-7-15-5-3-2-4-6-15/h2-6,16-19H,7-14H2,1H3,(H,23,25)(H,24,26). The van der Waals surface area contributed by atoms with Crippen molar-refractivity contribution in [1.82, 2.24) is 10.6 Å². The van der Waals surface area contributed by atoms with Gasteiger partial charge in [0.25, 0.3) is 0 Å². The topological polar surface area (TPSA) is 67.4 Å². The summed E-state index contributed by atoms with van der Waals surface area (Å²) in [5.74, 6) is 1.61. The summed E-state index contributed by atoms with van der Waals surface area (Å²) in [6.45, 7) is 0.906. The lowest BCUT2D eigenvalue weighted by Gasteiger charge is -2.60. The van der Waals surface area contributed by atoms with Crippen LogP contribution in [-0.4, -0.2) is 37.6 Å². The molecule has 4 fully saturated rings. The number of carbonyl (C=O) groups is 2. The fourth-order valence-corrected chi connectivity index (χ4v) is 6.02. The quantitative estimate of drug-likeness (QED) is 0.755. The van der Waals surface area contributed by atoms with Crippen molar-refractivity contribution < 1.29 is 14.3 Å². The molecule has 4 bridgehead atoms. The Kier molecular flexibility index (Phi) is 5.22. The van der Waals surface area contributed by atoms with Crippen LogP contribution in [0.3, 0.4) is 0 Å². The number of ether oxygens (including phenoxy) is 1. The molecule has 0 aliphatic heterocycles. The van der Waals surface area contributed by atoms with Gasteiger partial charge in [0, 0.05) is 20.2 Å². The third-order valence-electron chi connectivity index (χ3n) is 7.17. The summed E-state index contributed by atoms with van der Waals surface area (Å²) in [4.78, 5) is 24.4. The predicted molar refractivity (Wildman–Crippen MR) is 103 cm³/mol. The first-order valence-corrected chi connectivity index (χ1v) is 10.3. The average Bonchev–Trinajstić information content (AvgIpc) is 2.68. The van der Waals surface area contributed by atoms with Gasteiger partial charge in [0.1, 0.15) is 0 Å². The van der Waals surface area contributed by atoms with Crippen LogP contribution in [-0.2, 0) is 20.7 Å². The van der Waals surface area contributed by atoms with E-state index < -0.39 is 11.8 Å². The summed E-state index contributed by atoms with van der Waals surface area (Å²) >= 11 is 0. The third-order valence-corrected chi connectivity index (χ3v) is 7.17. The Labute approximate surface area is 161 Å². The fourth-order valence-electron chi connectivity index (χ4n) is 6.02. The Morgan fingerprint density at radius 1 is 0.963 bits per heavy atom. The Bertz CT molecular complexity index is 660. The largest absolute Gasteiger partial charge is 0.376 e. The summed E-state index contributed by atoms with van der Waals surface area (Å²) in [6, 6.07) is 9.94. The van der Waals surface area contributed by atoms with E-state index in [4.69, 9.17) is 4.74 Å². The predicted octanol–water partition coefficient (Wildman–Crippen LogP) is 2.30. The van der Waals surface area contributed by atoms with Crippen molar-refractivity contribution in [3.63, 3.8) is 0 Å². The molecule has 4 aliphatic carbocycles. The highest BCUT2D eigenvalue weighted by atomic mass is 16.5. The molecular weight excluding hydrogens is 340 g/mol. The Morgan fingerprint density at radius 2 is 1.56 bits per heavy atom. The summed E-state index contributed by atoms with van der Waals surface area (Å²) in [5.41, 5.74) is 0.859. The molecule has 0 spiro atoms. The molecule has 5 rings (SSSR count). The van der Waals surface area contributed by atoms with Crippen LogP contribution in [0.5, 0.6) is 0 Å². The van der Waals surface area contributed by atoms with Crippen molar-refractivity contribution >= 4 is 11.8 Å². The maximum Gasteiger partial charge on any atom is 0.309 e. The van der Waals surface area contributed by atoms with E-state index in [0.717, 1.165) is 23.8 Å². The monoisotopic (exact) mass is 370 g/mol. The van der Waals surface area contributed by atoms with Crippen molar-refractivity contribution in [3.8, 4) is 0 Å². The molecule has 1 aromatic rings. The molecule has 2 N–H and O–H groups in total. The van der Waals surface area contributed by atoms with Crippen LogP contribution in [0.4, 0.5) is 0 Å². The minimum Gasteiger partial charge on any atom is -0.376 e. The van der Waals surface area contributed by atoms with Gasteiger partial charge in [-0.2, -0.15) is 0 Å². The highest BCUT2D eigenvalue weighted by molar-refractivity contribution is 6.35. The van der Waals surface area contributed by atoms with Gasteiger partial charge < -0.3 is 15.4 Å². The van der Waals surface area contributed by atoms with Crippen LogP contribution in [0.2, 0.25) is 0 Å². The number of hydrogen-bond acceptors (Lipinski definition) is 3. The van der Waals surface area contributed by atoms with Crippen molar-refractivity contribution in [3.05, 3.63) is 35.9 Å². The summed E-state index contributed by atoms with van der Waals surface area (Å²) in [5, 5.41) is 5.60. The maximum absolute atomic E-state index is 12.3. The number of methoxy groups -OCH3 is 1. The van der Waals surface area contributed by atoms with E-state index >= 15 is 0 Å². The molecule has 0 heterocycles. The van der Waals surface area contributed by atoms with Gasteiger partial charge in [-0.1, -0.05) is 30.3 Å². The number of carbonyl (C=O) groups excluding carboxylic acids is 2. The molecule has 0 saturated heterocycles. The van der Waals surface area contributed by atoms with Gasteiger partial charge in [0.05, 0.1) is 5.60 Å². The van der Waals surface area contributed by atoms with E-state index in [1.807, 2.05) is 30.3 Å². The molecule has 0 unspecified atom stereocenters. The van der Waals surface area contributed by atoms with E-state index in [1.54, 1.807) is 7.11 Å². The van der Waals surface area contributed by atoms with Gasteiger partial charge in [-0.3, -0.25) is 9.59 Å². The maximum atomic E-state index is 12.3. The lowest BCUT2D eigenvalue weighted by atomic mass is 9.49. The summed E-state index contributed by atoms with van der Waals surface area (Å²) < 4.78 is 6.04. The zero-order valence-electron chi connectivity index (χ0n) is 16.1. The van der Waals surface area contributed by atoms with Crippen LogP contribution in [0.25, 0.3) is 0 Å². The van der Waals surface area contributed by atoms with Crippen molar-refractivity contribution in [1.29, 1.82) is 0 Å². The van der Waals surface area contributed by atoms with Crippen molar-refractivity contribution in [2.75, 3.05) is 20.2 Å². The van der Waals surface area contributed by atoms with Crippen LogP contribution in [0, 0.1) is 23.7 Å². The van der Waals surface area contributed by atoms with Crippen LogP contribution in [0.1, 0.15) is 37.7 Å². The van der Waals surface area contributed by atoms with E-state index in [-0.39, 0.29) is 5.60 Å². The minimum atomic E-state index is -0.555. The molecule has 4 saturated carbocycles. The molecule has 0 radical (unpaired) electrons. The first-order chi connectivity index (χ1) is 13.1. The second-order valence-electron chi connectivity index (χ2n) is 8.64. The number of amides is 2. The van der Waals surface area contributed by atoms with Gasteiger partial charge in [-0.05, 0) is 67.8 Å². The highest BCUT2D eigenvalue weighted by Crippen LogP contribution is 2.59. The molecule has 0 aromatic heterocycles. The lowest BCUT2D eigenvalue weighted by Crippen LogP contribution is -2.63. The van der Waals surface area contributed by atoms with E-state index in [9.17, 15) is 9.59 Å². The lowest BCUT2D eigenvalue weighted by molar-refractivity contribution is -0.188. The third kappa shape index (κ3) is 3.62. The SMILES string of the molecule is COC1(CNC(=O)C(=O)NCCc2ccccc2)C2CC3CC(C2)CC1C3. The normalized spacial score (nSPS) is 33.7. The molecule has 27 heavy (non-hydrogen) atoms. The molecule has 5 heteroatoms. The molecule has 1 aromatic carbocycles. The first-order valence-electron chi connectivity index (χ1n) is 10.3. The van der Waals surface area contributed by atoms with E-state index in [1.165, 1.54) is 32.1 Å². The number of nitrogens with one attached hydrogen (secondary N) is 2. The van der Waals surface area contributed by atoms with Gasteiger partial charge >= 0.3 is 11.8 Å². The number of hydrogen-bond donors (Lipinski definition) is 2. The smallest absolute Gasteiger partial charge is 0.309 e. The minimum absolute atomic E-state index is 0.284. The van der Waals surface area contributed by atoms with E-state index in [0.29, 0.717) is 24.9 Å². The Balaban J connectivity index is 1.28. The van der Waals surface area contributed by atoms with E-state index in [2.05, 4.69) is 10.6 Å². The Hall–Kier alpha value is -1.88. The Morgan fingerprint density at radius 3 is 2.15 bits per heavy atom. The molecular formula is C22H30N2O3.